The van der Waals surface area contributed by atoms with Gasteiger partial charge in [0.05, 0.1) is 12.2 Å². The molecule has 0 aliphatic rings. The minimum Gasteiger partial charge on any atom is -0.493 e. The number of hydrogen-bond acceptors (Lipinski definition) is 4. The van der Waals surface area contributed by atoms with E-state index in [-0.39, 0.29) is 11.1 Å². The Morgan fingerprint density at radius 3 is 2.69 bits per heavy atom. The number of carbonyl (C=O) groups is 2. The van der Waals surface area contributed by atoms with Crippen molar-refractivity contribution in [2.24, 2.45) is 0 Å². The van der Waals surface area contributed by atoms with Gasteiger partial charge >= 0.3 is 5.97 Å². The number of aromatic carboxylic acids is 1. The lowest BCUT2D eigenvalue weighted by Crippen LogP contribution is -2.13. The first-order valence-corrected chi connectivity index (χ1v) is 8.01. The van der Waals surface area contributed by atoms with Crippen LogP contribution in [0.1, 0.15) is 22.8 Å². The molecule has 0 bridgehead atoms. The molecule has 2 N–H and O–H groups in total. The van der Waals surface area contributed by atoms with Crippen molar-refractivity contribution in [1.82, 2.24) is 0 Å². The number of carbonyl (C=O) groups excluding carboxylic acids is 1. The molecule has 2 rings (SSSR count). The van der Waals surface area contributed by atoms with E-state index in [9.17, 15) is 14.9 Å². The number of rotatable bonds is 6. The lowest BCUT2D eigenvalue weighted by molar-refractivity contribution is -0.112. The molecule has 1 amide bonds. The fraction of sp³-hybridized carbons (Fsp3) is 0.105. The van der Waals surface area contributed by atoms with Gasteiger partial charge in [-0.1, -0.05) is 17.7 Å². The first kappa shape index (κ1) is 19.0. The van der Waals surface area contributed by atoms with Crippen molar-refractivity contribution in [2.75, 3.05) is 11.9 Å². The highest BCUT2D eigenvalue weighted by Gasteiger charge is 2.13. The second kappa shape index (κ2) is 8.70. The number of nitrogens with one attached hydrogen (secondary N) is 1. The van der Waals surface area contributed by atoms with Gasteiger partial charge in [-0.25, -0.2) is 4.79 Å². The number of carboxylic acids is 1. The summed E-state index contributed by atoms with van der Waals surface area (Å²) in [5.74, 6) is -1.39. The number of benzene rings is 2. The molecule has 0 unspecified atom stereocenters. The molecular formula is C19H15ClN2O4. The predicted molar refractivity (Wildman–Crippen MR) is 98.2 cm³/mol. The third-order valence-corrected chi connectivity index (χ3v) is 3.54. The number of nitrogens with zero attached hydrogens (tertiary/aromatic N) is 1. The minimum absolute atomic E-state index is 0.0206. The van der Waals surface area contributed by atoms with Crippen molar-refractivity contribution in [3.8, 4) is 11.8 Å². The largest absolute Gasteiger partial charge is 0.493 e. The van der Waals surface area contributed by atoms with E-state index in [4.69, 9.17) is 21.4 Å². The zero-order chi connectivity index (χ0) is 19.1. The summed E-state index contributed by atoms with van der Waals surface area (Å²) in [5, 5.41) is 21.5. The summed E-state index contributed by atoms with van der Waals surface area (Å²) < 4.78 is 5.43. The molecule has 26 heavy (non-hydrogen) atoms. The third kappa shape index (κ3) is 4.85. The van der Waals surface area contributed by atoms with Crippen molar-refractivity contribution in [2.45, 2.75) is 6.92 Å². The van der Waals surface area contributed by atoms with E-state index in [1.807, 2.05) is 6.07 Å². The molecule has 0 saturated heterocycles. The van der Waals surface area contributed by atoms with Crippen molar-refractivity contribution in [3.63, 3.8) is 0 Å². The van der Waals surface area contributed by atoms with Crippen LogP contribution >= 0.6 is 11.6 Å². The Balaban J connectivity index is 2.37. The Labute approximate surface area is 155 Å². The maximum absolute atomic E-state index is 12.3. The molecule has 0 saturated carbocycles. The number of carboxylic acid groups (broad SMARTS) is 1. The molecular weight excluding hydrogens is 356 g/mol. The van der Waals surface area contributed by atoms with Gasteiger partial charge in [0.25, 0.3) is 5.91 Å². The summed E-state index contributed by atoms with van der Waals surface area (Å²) in [6.45, 7) is 2.12. The Morgan fingerprint density at radius 1 is 1.31 bits per heavy atom. The van der Waals surface area contributed by atoms with E-state index in [0.717, 1.165) is 0 Å². The molecule has 0 heterocycles. The summed E-state index contributed by atoms with van der Waals surface area (Å²) in [6, 6.07) is 12.5. The zero-order valence-corrected chi connectivity index (χ0v) is 14.6. The molecule has 2 aromatic carbocycles. The number of hydrogen-bond donors (Lipinski definition) is 2. The highest BCUT2D eigenvalue weighted by molar-refractivity contribution is 6.31. The van der Waals surface area contributed by atoms with E-state index in [0.29, 0.717) is 28.6 Å². The SMILES string of the molecule is CCOc1ccc(C(=O)O)cc1/C=C(\C#N)C(=O)Nc1cccc(Cl)c1. The monoisotopic (exact) mass is 370 g/mol. The Bertz CT molecular complexity index is 916. The van der Waals surface area contributed by atoms with E-state index >= 15 is 0 Å². The molecule has 2 aromatic rings. The summed E-state index contributed by atoms with van der Waals surface area (Å²) in [4.78, 5) is 23.5. The molecule has 0 aliphatic heterocycles. The Kier molecular flexibility index (Phi) is 6.36. The van der Waals surface area contributed by atoms with Crippen LogP contribution in [0.3, 0.4) is 0 Å². The molecule has 0 fully saturated rings. The first-order chi connectivity index (χ1) is 12.4. The lowest BCUT2D eigenvalue weighted by Gasteiger charge is -2.09. The summed E-state index contributed by atoms with van der Waals surface area (Å²) >= 11 is 5.87. The lowest BCUT2D eigenvalue weighted by atomic mass is 10.1. The number of anilines is 1. The van der Waals surface area contributed by atoms with Gasteiger partial charge in [0.1, 0.15) is 17.4 Å². The number of halogens is 1. The zero-order valence-electron chi connectivity index (χ0n) is 13.8. The highest BCUT2D eigenvalue weighted by Crippen LogP contribution is 2.24. The normalized spacial score (nSPS) is 10.7. The minimum atomic E-state index is -1.12. The van der Waals surface area contributed by atoms with E-state index < -0.39 is 11.9 Å². The summed E-state index contributed by atoms with van der Waals surface area (Å²) in [7, 11) is 0. The van der Waals surface area contributed by atoms with E-state index in [2.05, 4.69) is 5.32 Å². The van der Waals surface area contributed by atoms with Crippen LogP contribution in [0, 0.1) is 11.3 Å². The molecule has 0 atom stereocenters. The fourth-order valence-electron chi connectivity index (χ4n) is 2.15. The summed E-state index contributed by atoms with van der Waals surface area (Å²) in [6.07, 6.45) is 1.29. The van der Waals surface area contributed by atoms with Crippen LogP contribution in [0.5, 0.6) is 5.75 Å². The van der Waals surface area contributed by atoms with Crippen molar-refractivity contribution < 1.29 is 19.4 Å². The number of nitriles is 1. The van der Waals surface area contributed by atoms with Crippen molar-refractivity contribution in [1.29, 1.82) is 5.26 Å². The third-order valence-electron chi connectivity index (χ3n) is 3.30. The fourth-order valence-corrected chi connectivity index (χ4v) is 2.34. The molecule has 0 radical (unpaired) electrons. The smallest absolute Gasteiger partial charge is 0.335 e. The van der Waals surface area contributed by atoms with Crippen LogP contribution in [0.2, 0.25) is 5.02 Å². The van der Waals surface area contributed by atoms with Crippen LogP contribution in [-0.4, -0.2) is 23.6 Å². The van der Waals surface area contributed by atoms with Crippen LogP contribution in [0.15, 0.2) is 48.0 Å². The number of amides is 1. The van der Waals surface area contributed by atoms with Gasteiger partial charge < -0.3 is 15.2 Å². The van der Waals surface area contributed by atoms with Gasteiger partial charge in [0, 0.05) is 16.3 Å². The van der Waals surface area contributed by atoms with Crippen LogP contribution in [0.4, 0.5) is 5.69 Å². The Hall–Kier alpha value is -3.30. The molecule has 0 aromatic heterocycles. The predicted octanol–water partition coefficient (Wildman–Crippen LogP) is 3.98. The molecule has 132 valence electrons. The number of ether oxygens (including phenoxy) is 1. The molecule has 0 aliphatic carbocycles. The maximum Gasteiger partial charge on any atom is 0.335 e. The van der Waals surface area contributed by atoms with Gasteiger partial charge in [-0.15, -0.1) is 0 Å². The van der Waals surface area contributed by atoms with Gasteiger partial charge in [-0.3, -0.25) is 4.79 Å². The van der Waals surface area contributed by atoms with Crippen LogP contribution in [-0.2, 0) is 4.79 Å². The average Bonchev–Trinajstić information content (AvgIpc) is 2.60. The average molecular weight is 371 g/mol. The van der Waals surface area contributed by atoms with Crippen LogP contribution < -0.4 is 10.1 Å². The maximum atomic E-state index is 12.3. The summed E-state index contributed by atoms with van der Waals surface area (Å²) in [5.41, 5.74) is 0.582. The second-order valence-electron chi connectivity index (χ2n) is 5.13. The standard InChI is InChI=1S/C19H15ClN2O4/c1-2-26-17-7-6-12(19(24)25)8-13(17)9-14(11-21)18(23)22-16-5-3-4-15(20)10-16/h3-10H,2H2,1H3,(H,22,23)(H,24,25)/b14-9+. The molecule has 0 spiro atoms. The van der Waals surface area contributed by atoms with E-state index in [1.54, 1.807) is 31.2 Å². The van der Waals surface area contributed by atoms with Gasteiger partial charge in [-0.05, 0) is 49.4 Å². The van der Waals surface area contributed by atoms with Gasteiger partial charge in [0.15, 0.2) is 0 Å². The Morgan fingerprint density at radius 2 is 2.08 bits per heavy atom. The molecule has 6 nitrogen and oxygen atoms in total. The first-order valence-electron chi connectivity index (χ1n) is 7.63. The van der Waals surface area contributed by atoms with Crippen LogP contribution in [0.25, 0.3) is 6.08 Å². The second-order valence-corrected chi connectivity index (χ2v) is 5.56. The van der Waals surface area contributed by atoms with Gasteiger partial charge in [0.2, 0.25) is 0 Å². The highest BCUT2D eigenvalue weighted by atomic mass is 35.5. The van der Waals surface area contributed by atoms with Crippen molar-refractivity contribution >= 4 is 35.2 Å². The van der Waals surface area contributed by atoms with Crippen molar-refractivity contribution in [3.05, 3.63) is 64.2 Å². The van der Waals surface area contributed by atoms with Gasteiger partial charge in [-0.2, -0.15) is 5.26 Å². The van der Waals surface area contributed by atoms with E-state index in [1.165, 1.54) is 24.3 Å². The molecule has 7 heteroatoms. The quantitative estimate of drug-likeness (QED) is 0.591. The topological polar surface area (TPSA) is 99.4 Å².